The zero-order valence-electron chi connectivity index (χ0n) is 13.7. The predicted octanol–water partition coefficient (Wildman–Crippen LogP) is 4.21. The molecule has 0 saturated carbocycles. The summed E-state index contributed by atoms with van der Waals surface area (Å²) in [6.45, 7) is 2.20. The van der Waals surface area contributed by atoms with Gasteiger partial charge in [0, 0.05) is 17.3 Å². The number of methoxy groups -OCH3 is 1. The van der Waals surface area contributed by atoms with Gasteiger partial charge in [-0.05, 0) is 42.3 Å². The number of aliphatic imine (C=N–C) groups is 1. The number of fused-ring (bicyclic) bond motifs is 2. The van der Waals surface area contributed by atoms with Crippen LogP contribution in [0.3, 0.4) is 0 Å². The quantitative estimate of drug-likeness (QED) is 0.909. The molecule has 0 aliphatic carbocycles. The standard InChI is InChI=1S/C19H19N3OS/c1-3-4-13-5-10-16-17(11-13)20-12-19(16)22-21-18(24-19)14-6-8-15(23-2)9-7-14/h5-12,22H,3-4H2,1-2H3. The third-order valence-corrected chi connectivity index (χ3v) is 5.56. The third kappa shape index (κ3) is 2.49. The summed E-state index contributed by atoms with van der Waals surface area (Å²) in [5.41, 5.74) is 7.93. The van der Waals surface area contributed by atoms with Crippen molar-refractivity contribution >= 4 is 28.7 Å². The highest BCUT2D eigenvalue weighted by Gasteiger charge is 2.42. The van der Waals surface area contributed by atoms with Crippen LogP contribution in [0.2, 0.25) is 0 Å². The first-order valence-corrected chi connectivity index (χ1v) is 8.92. The molecule has 5 heteroatoms. The van der Waals surface area contributed by atoms with Crippen LogP contribution in [0.25, 0.3) is 0 Å². The normalized spacial score (nSPS) is 20.8. The van der Waals surface area contributed by atoms with Crippen LogP contribution in [-0.4, -0.2) is 18.4 Å². The Balaban J connectivity index is 1.59. The average Bonchev–Trinajstić information content (AvgIpc) is 3.21. The van der Waals surface area contributed by atoms with Crippen LogP contribution in [0.1, 0.15) is 30.0 Å². The number of ether oxygens (including phenoxy) is 1. The molecule has 1 unspecified atom stereocenters. The number of thioether (sulfide) groups is 1. The van der Waals surface area contributed by atoms with Crippen molar-refractivity contribution in [1.82, 2.24) is 5.43 Å². The molecule has 4 nitrogen and oxygen atoms in total. The molecule has 0 fully saturated rings. The molecule has 0 saturated heterocycles. The lowest BCUT2D eigenvalue weighted by Crippen LogP contribution is -2.32. The number of benzene rings is 2. The first-order chi connectivity index (χ1) is 11.7. The Labute approximate surface area is 146 Å². The molecule has 122 valence electrons. The predicted molar refractivity (Wildman–Crippen MR) is 101 cm³/mol. The fourth-order valence-corrected chi connectivity index (χ4v) is 4.16. The van der Waals surface area contributed by atoms with E-state index in [1.54, 1.807) is 18.9 Å². The van der Waals surface area contributed by atoms with Crippen molar-refractivity contribution in [2.24, 2.45) is 10.1 Å². The molecule has 1 N–H and O–H groups in total. The zero-order chi connectivity index (χ0) is 16.6. The Hall–Kier alpha value is -2.27. The SMILES string of the molecule is CCCc1ccc2c(c1)N=CC21NN=C(c2ccc(OC)cc2)S1. The topological polar surface area (TPSA) is 46.0 Å². The van der Waals surface area contributed by atoms with Crippen LogP contribution in [0.4, 0.5) is 5.69 Å². The lowest BCUT2D eigenvalue weighted by atomic mass is 10.0. The van der Waals surface area contributed by atoms with Gasteiger partial charge in [0.05, 0.1) is 12.8 Å². The van der Waals surface area contributed by atoms with E-state index in [0.717, 1.165) is 34.9 Å². The Kier molecular flexibility index (Phi) is 3.81. The number of rotatable bonds is 4. The Morgan fingerprint density at radius 3 is 2.75 bits per heavy atom. The van der Waals surface area contributed by atoms with Crippen molar-refractivity contribution in [3.63, 3.8) is 0 Å². The first kappa shape index (κ1) is 15.3. The van der Waals surface area contributed by atoms with E-state index >= 15 is 0 Å². The van der Waals surface area contributed by atoms with Gasteiger partial charge in [0.2, 0.25) is 0 Å². The van der Waals surface area contributed by atoms with Crippen molar-refractivity contribution in [3.8, 4) is 5.75 Å². The summed E-state index contributed by atoms with van der Waals surface area (Å²) in [5.74, 6) is 0.848. The second-order valence-electron chi connectivity index (χ2n) is 5.95. The van der Waals surface area contributed by atoms with Crippen molar-refractivity contribution in [2.45, 2.75) is 24.6 Å². The lowest BCUT2D eigenvalue weighted by Gasteiger charge is -2.20. The minimum atomic E-state index is -0.380. The molecule has 2 aromatic rings. The second-order valence-corrected chi connectivity index (χ2v) is 7.19. The summed E-state index contributed by atoms with van der Waals surface area (Å²) >= 11 is 1.70. The molecule has 0 bridgehead atoms. The fraction of sp³-hybridized carbons (Fsp3) is 0.263. The van der Waals surface area contributed by atoms with Crippen LogP contribution in [0.5, 0.6) is 5.75 Å². The van der Waals surface area contributed by atoms with E-state index in [-0.39, 0.29) is 4.87 Å². The van der Waals surface area contributed by atoms with E-state index in [1.807, 2.05) is 30.5 Å². The summed E-state index contributed by atoms with van der Waals surface area (Å²) in [5, 5.41) is 5.52. The summed E-state index contributed by atoms with van der Waals surface area (Å²) in [4.78, 5) is 4.25. The van der Waals surface area contributed by atoms with E-state index in [1.165, 1.54) is 11.1 Å². The van der Waals surface area contributed by atoms with Crippen LogP contribution < -0.4 is 10.2 Å². The Bertz CT molecular complexity index is 829. The molecule has 2 aromatic carbocycles. The van der Waals surface area contributed by atoms with Gasteiger partial charge in [-0.15, -0.1) is 0 Å². The lowest BCUT2D eigenvalue weighted by molar-refractivity contribution is 0.415. The number of hydrogen-bond donors (Lipinski definition) is 1. The van der Waals surface area contributed by atoms with E-state index in [4.69, 9.17) is 4.74 Å². The van der Waals surface area contributed by atoms with Crippen LogP contribution >= 0.6 is 11.8 Å². The second kappa shape index (κ2) is 5.98. The van der Waals surface area contributed by atoms with Gasteiger partial charge in [-0.25, -0.2) is 0 Å². The molecule has 2 heterocycles. The molecule has 4 rings (SSSR count). The Morgan fingerprint density at radius 1 is 1.17 bits per heavy atom. The molecular weight excluding hydrogens is 318 g/mol. The highest BCUT2D eigenvalue weighted by molar-refractivity contribution is 8.16. The zero-order valence-corrected chi connectivity index (χ0v) is 14.6. The summed E-state index contributed by atoms with van der Waals surface area (Å²) < 4.78 is 5.22. The van der Waals surface area contributed by atoms with Gasteiger partial charge in [-0.1, -0.05) is 37.2 Å². The number of aryl methyl sites for hydroxylation is 1. The molecule has 2 aliphatic heterocycles. The van der Waals surface area contributed by atoms with Gasteiger partial charge in [0.25, 0.3) is 0 Å². The minimum absolute atomic E-state index is 0.380. The first-order valence-electron chi connectivity index (χ1n) is 8.11. The molecule has 0 radical (unpaired) electrons. The summed E-state index contributed by atoms with van der Waals surface area (Å²) in [6.07, 6.45) is 4.20. The largest absolute Gasteiger partial charge is 0.497 e. The van der Waals surface area contributed by atoms with Gasteiger partial charge < -0.3 is 4.74 Å². The minimum Gasteiger partial charge on any atom is -0.497 e. The van der Waals surface area contributed by atoms with Gasteiger partial charge in [-0.3, -0.25) is 10.4 Å². The van der Waals surface area contributed by atoms with E-state index in [2.05, 4.69) is 40.6 Å². The van der Waals surface area contributed by atoms with Crippen LogP contribution in [0.15, 0.2) is 52.6 Å². The van der Waals surface area contributed by atoms with E-state index < -0.39 is 0 Å². The van der Waals surface area contributed by atoms with Crippen molar-refractivity contribution in [3.05, 3.63) is 59.2 Å². The third-order valence-electron chi connectivity index (χ3n) is 4.30. The Morgan fingerprint density at radius 2 is 2.00 bits per heavy atom. The molecule has 0 aromatic heterocycles. The fourth-order valence-electron chi connectivity index (χ4n) is 3.03. The van der Waals surface area contributed by atoms with Crippen molar-refractivity contribution in [1.29, 1.82) is 0 Å². The van der Waals surface area contributed by atoms with Crippen LogP contribution in [0, 0.1) is 0 Å². The summed E-state index contributed by atoms with van der Waals surface area (Å²) in [6, 6.07) is 14.5. The van der Waals surface area contributed by atoms with Gasteiger partial charge in [0.1, 0.15) is 10.8 Å². The van der Waals surface area contributed by atoms with Gasteiger partial charge >= 0.3 is 0 Å². The molecule has 0 amide bonds. The van der Waals surface area contributed by atoms with Gasteiger partial charge in [0.15, 0.2) is 4.87 Å². The highest BCUT2D eigenvalue weighted by Crippen LogP contribution is 2.47. The molecule has 24 heavy (non-hydrogen) atoms. The maximum absolute atomic E-state index is 5.22. The molecule has 2 aliphatic rings. The molecule has 1 spiro atoms. The smallest absolute Gasteiger partial charge is 0.168 e. The van der Waals surface area contributed by atoms with Crippen molar-refractivity contribution < 1.29 is 4.74 Å². The maximum atomic E-state index is 5.22. The van der Waals surface area contributed by atoms with Crippen LogP contribution in [-0.2, 0) is 11.3 Å². The molecular formula is C19H19N3OS. The number of hydrogen-bond acceptors (Lipinski definition) is 5. The summed E-state index contributed by atoms with van der Waals surface area (Å²) in [7, 11) is 1.67. The molecule has 1 atom stereocenters. The van der Waals surface area contributed by atoms with E-state index in [0.29, 0.717) is 0 Å². The number of nitrogens with zero attached hydrogens (tertiary/aromatic N) is 2. The monoisotopic (exact) mass is 337 g/mol. The van der Waals surface area contributed by atoms with E-state index in [9.17, 15) is 0 Å². The van der Waals surface area contributed by atoms with Crippen molar-refractivity contribution in [2.75, 3.05) is 7.11 Å². The van der Waals surface area contributed by atoms with Gasteiger partial charge in [-0.2, -0.15) is 5.10 Å². The number of hydrazone groups is 1. The maximum Gasteiger partial charge on any atom is 0.168 e. The number of nitrogens with one attached hydrogen (secondary N) is 1. The average molecular weight is 337 g/mol. The highest BCUT2D eigenvalue weighted by atomic mass is 32.2.